The zero-order valence-corrected chi connectivity index (χ0v) is 11.3. The Hall–Kier alpha value is -0.620. The van der Waals surface area contributed by atoms with E-state index < -0.39 is 9.84 Å². The van der Waals surface area contributed by atoms with Gasteiger partial charge in [-0.25, -0.2) is 8.42 Å². The van der Waals surface area contributed by atoms with Crippen molar-refractivity contribution in [3.05, 3.63) is 0 Å². The fraction of sp³-hybridized carbons (Fsp3) is 0.909. The van der Waals surface area contributed by atoms with Gasteiger partial charge >= 0.3 is 5.97 Å². The molecule has 1 aliphatic rings. The normalized spacial score (nSPS) is 22.4. The first-order valence-corrected chi connectivity index (χ1v) is 8.05. The van der Waals surface area contributed by atoms with Gasteiger partial charge in [0, 0.05) is 19.3 Å². The molecule has 6 heteroatoms. The average Bonchev–Trinajstić information content (AvgIpc) is 2.26. The predicted molar refractivity (Wildman–Crippen MR) is 65.5 cm³/mol. The van der Waals surface area contributed by atoms with E-state index in [9.17, 15) is 13.2 Å². The number of hydrogen-bond donors (Lipinski definition) is 0. The number of piperidine rings is 1. The standard InChI is InChI=1S/C11H21NO4S/c1-3-16-11(13)10-5-4-6-12(9-10)7-8-17(2,14)15/h10H,3-9H2,1-2H3. The third-order valence-corrected chi connectivity index (χ3v) is 3.83. The van der Waals surface area contributed by atoms with Gasteiger partial charge in [-0.1, -0.05) is 0 Å². The number of likely N-dealkylation sites (tertiary alicyclic amines) is 1. The first kappa shape index (κ1) is 14.4. The lowest BCUT2D eigenvalue weighted by molar-refractivity contribution is -0.149. The van der Waals surface area contributed by atoms with Gasteiger partial charge in [0.05, 0.1) is 18.3 Å². The van der Waals surface area contributed by atoms with Crippen LogP contribution in [-0.2, 0) is 19.4 Å². The van der Waals surface area contributed by atoms with E-state index in [1.807, 2.05) is 4.90 Å². The summed E-state index contributed by atoms with van der Waals surface area (Å²) < 4.78 is 27.1. The van der Waals surface area contributed by atoms with Crippen LogP contribution in [-0.4, -0.2) is 57.5 Å². The van der Waals surface area contributed by atoms with Crippen molar-refractivity contribution in [2.45, 2.75) is 19.8 Å². The Bertz CT molecular complexity index is 352. The molecule has 1 fully saturated rings. The summed E-state index contributed by atoms with van der Waals surface area (Å²) in [5.74, 6) is -0.0949. The van der Waals surface area contributed by atoms with Crippen LogP contribution in [0.5, 0.6) is 0 Å². The lowest BCUT2D eigenvalue weighted by Gasteiger charge is -2.31. The molecule has 1 aliphatic heterocycles. The highest BCUT2D eigenvalue weighted by Crippen LogP contribution is 2.17. The molecule has 0 bridgehead atoms. The molecule has 0 spiro atoms. The maximum atomic E-state index is 11.6. The van der Waals surface area contributed by atoms with Crippen LogP contribution in [0.3, 0.4) is 0 Å². The number of carbonyl (C=O) groups is 1. The van der Waals surface area contributed by atoms with Crippen molar-refractivity contribution in [2.24, 2.45) is 5.92 Å². The summed E-state index contributed by atoms with van der Waals surface area (Å²) in [6.07, 6.45) is 3.00. The van der Waals surface area contributed by atoms with Gasteiger partial charge in [-0.3, -0.25) is 4.79 Å². The van der Waals surface area contributed by atoms with Crippen LogP contribution in [0.4, 0.5) is 0 Å². The minimum atomic E-state index is -2.93. The van der Waals surface area contributed by atoms with Crippen molar-refractivity contribution in [2.75, 3.05) is 38.2 Å². The monoisotopic (exact) mass is 263 g/mol. The van der Waals surface area contributed by atoms with Crippen LogP contribution < -0.4 is 0 Å². The van der Waals surface area contributed by atoms with Crippen molar-refractivity contribution in [3.63, 3.8) is 0 Å². The van der Waals surface area contributed by atoms with Gasteiger partial charge in [0.25, 0.3) is 0 Å². The molecule has 1 unspecified atom stereocenters. The van der Waals surface area contributed by atoms with Crippen LogP contribution in [0, 0.1) is 5.92 Å². The molecule has 1 atom stereocenters. The Kier molecular flexibility index (Phi) is 5.39. The van der Waals surface area contributed by atoms with Crippen molar-refractivity contribution >= 4 is 15.8 Å². The zero-order chi connectivity index (χ0) is 12.9. The fourth-order valence-corrected chi connectivity index (χ4v) is 2.60. The second-order valence-electron chi connectivity index (χ2n) is 4.52. The van der Waals surface area contributed by atoms with E-state index in [0.717, 1.165) is 19.4 Å². The Morgan fingerprint density at radius 3 is 2.76 bits per heavy atom. The van der Waals surface area contributed by atoms with Crippen LogP contribution in [0.1, 0.15) is 19.8 Å². The van der Waals surface area contributed by atoms with E-state index in [2.05, 4.69) is 0 Å². The molecule has 0 aromatic carbocycles. The smallest absolute Gasteiger partial charge is 0.310 e. The molecule has 1 heterocycles. The fourth-order valence-electron chi connectivity index (χ4n) is 2.01. The predicted octanol–water partition coefficient (Wildman–Crippen LogP) is 0.306. The van der Waals surface area contributed by atoms with Gasteiger partial charge in [-0.2, -0.15) is 0 Å². The first-order chi connectivity index (χ1) is 7.92. The maximum absolute atomic E-state index is 11.6. The lowest BCUT2D eigenvalue weighted by atomic mass is 9.98. The third-order valence-electron chi connectivity index (χ3n) is 2.90. The van der Waals surface area contributed by atoms with Crippen molar-refractivity contribution in [3.8, 4) is 0 Å². The van der Waals surface area contributed by atoms with Crippen molar-refractivity contribution in [1.82, 2.24) is 4.90 Å². The molecule has 100 valence electrons. The molecular weight excluding hydrogens is 242 g/mol. The topological polar surface area (TPSA) is 63.7 Å². The Labute approximate surface area is 103 Å². The molecule has 17 heavy (non-hydrogen) atoms. The second-order valence-corrected chi connectivity index (χ2v) is 6.78. The molecule has 0 aromatic rings. The number of sulfone groups is 1. The number of ether oxygens (including phenoxy) is 1. The molecule has 5 nitrogen and oxygen atoms in total. The number of nitrogens with zero attached hydrogens (tertiary/aromatic N) is 1. The van der Waals surface area contributed by atoms with Crippen LogP contribution in [0.15, 0.2) is 0 Å². The van der Waals surface area contributed by atoms with Gasteiger partial charge in [-0.15, -0.1) is 0 Å². The van der Waals surface area contributed by atoms with Crippen molar-refractivity contribution in [1.29, 1.82) is 0 Å². The van der Waals surface area contributed by atoms with E-state index in [1.54, 1.807) is 6.92 Å². The van der Waals surface area contributed by atoms with E-state index in [4.69, 9.17) is 4.74 Å². The summed E-state index contributed by atoms with van der Waals surface area (Å²) in [5.41, 5.74) is 0. The molecule has 0 saturated carbocycles. The van der Waals surface area contributed by atoms with Crippen LogP contribution in [0.2, 0.25) is 0 Å². The van der Waals surface area contributed by atoms with Crippen molar-refractivity contribution < 1.29 is 17.9 Å². The van der Waals surface area contributed by atoms with E-state index in [0.29, 0.717) is 19.7 Å². The SMILES string of the molecule is CCOC(=O)C1CCCN(CCS(C)(=O)=O)C1. The van der Waals surface area contributed by atoms with Gasteiger partial charge in [0.1, 0.15) is 9.84 Å². The maximum Gasteiger partial charge on any atom is 0.310 e. The van der Waals surface area contributed by atoms with Gasteiger partial charge in [0.15, 0.2) is 0 Å². The first-order valence-electron chi connectivity index (χ1n) is 5.99. The summed E-state index contributed by atoms with van der Waals surface area (Å²) in [5, 5.41) is 0. The zero-order valence-electron chi connectivity index (χ0n) is 10.5. The minimum Gasteiger partial charge on any atom is -0.466 e. The average molecular weight is 263 g/mol. The summed E-state index contributed by atoms with van der Waals surface area (Å²) >= 11 is 0. The van der Waals surface area contributed by atoms with Gasteiger partial charge in [-0.05, 0) is 26.3 Å². The summed E-state index contributed by atoms with van der Waals surface area (Å²) in [6, 6.07) is 0. The highest BCUT2D eigenvalue weighted by atomic mass is 32.2. The van der Waals surface area contributed by atoms with E-state index >= 15 is 0 Å². The number of carbonyl (C=O) groups excluding carboxylic acids is 1. The number of esters is 1. The van der Waals surface area contributed by atoms with Gasteiger partial charge < -0.3 is 9.64 Å². The minimum absolute atomic E-state index is 0.0942. The number of hydrogen-bond acceptors (Lipinski definition) is 5. The molecule has 0 radical (unpaired) electrons. The molecule has 0 amide bonds. The molecule has 0 aromatic heterocycles. The van der Waals surface area contributed by atoms with Crippen LogP contribution in [0.25, 0.3) is 0 Å². The Balaban J connectivity index is 2.41. The van der Waals surface area contributed by atoms with Gasteiger partial charge in [0.2, 0.25) is 0 Å². The highest BCUT2D eigenvalue weighted by Gasteiger charge is 2.26. The summed E-state index contributed by atoms with van der Waals surface area (Å²) in [4.78, 5) is 13.6. The van der Waals surface area contributed by atoms with E-state index in [-0.39, 0.29) is 17.6 Å². The van der Waals surface area contributed by atoms with Crippen LogP contribution >= 0.6 is 0 Å². The molecule has 1 rings (SSSR count). The molecule has 0 aliphatic carbocycles. The molecule has 1 saturated heterocycles. The lowest BCUT2D eigenvalue weighted by Crippen LogP contribution is -2.41. The number of rotatable bonds is 5. The highest BCUT2D eigenvalue weighted by molar-refractivity contribution is 7.90. The molecular formula is C11H21NO4S. The second kappa shape index (κ2) is 6.35. The Morgan fingerprint density at radius 2 is 2.18 bits per heavy atom. The Morgan fingerprint density at radius 1 is 1.47 bits per heavy atom. The third kappa shape index (κ3) is 5.50. The van der Waals surface area contributed by atoms with E-state index in [1.165, 1.54) is 6.26 Å². The largest absolute Gasteiger partial charge is 0.466 e. The summed E-state index contributed by atoms with van der Waals surface area (Å²) in [7, 11) is -2.93. The quantitative estimate of drug-likeness (QED) is 0.668. The molecule has 0 N–H and O–H groups in total. The summed E-state index contributed by atoms with van der Waals surface area (Å²) in [6.45, 7) is 4.19.